The molecule has 0 spiro atoms. The van der Waals surface area contributed by atoms with Crippen molar-refractivity contribution in [2.75, 3.05) is 13.1 Å². The van der Waals surface area contributed by atoms with Gasteiger partial charge in [-0.2, -0.15) is 31.6 Å². The first kappa shape index (κ1) is 31.0. The normalized spacial score (nSPS) is 17.2. The van der Waals surface area contributed by atoms with Gasteiger partial charge in [-0.3, -0.25) is 0 Å². The summed E-state index contributed by atoms with van der Waals surface area (Å²) in [6, 6.07) is 14.2. The highest BCUT2D eigenvalue weighted by Gasteiger charge is 2.52. The maximum absolute atomic E-state index is 14.2. The summed E-state index contributed by atoms with van der Waals surface area (Å²) in [5, 5.41) is 10.6. The molecule has 0 radical (unpaired) electrons. The van der Waals surface area contributed by atoms with E-state index in [0.717, 1.165) is 32.0 Å². The summed E-state index contributed by atoms with van der Waals surface area (Å²) < 4.78 is 85.4. The van der Waals surface area contributed by atoms with Crippen LogP contribution in [0.4, 0.5) is 26.3 Å². The molecule has 1 saturated carbocycles. The summed E-state index contributed by atoms with van der Waals surface area (Å²) >= 11 is 0. The van der Waals surface area contributed by atoms with E-state index in [2.05, 4.69) is 17.9 Å². The van der Waals surface area contributed by atoms with Gasteiger partial charge in [-0.15, -0.1) is 0 Å². The molecule has 2 aromatic rings. The Balaban J connectivity index is 2.03. The predicted octanol–water partition coefficient (Wildman–Crippen LogP) is 9.19. The van der Waals surface area contributed by atoms with Gasteiger partial charge in [0.05, 0.1) is 22.6 Å². The number of rotatable bonds is 12. The van der Waals surface area contributed by atoms with Crippen molar-refractivity contribution in [3.05, 3.63) is 70.8 Å². The Kier molecular flexibility index (Phi) is 10.5. The fourth-order valence-corrected chi connectivity index (χ4v) is 6.38. The molecule has 0 heterocycles. The third kappa shape index (κ3) is 7.36. The molecular weight excluding hydrogens is 514 g/mol. The molecule has 2 atom stereocenters. The van der Waals surface area contributed by atoms with Gasteiger partial charge < -0.3 is 4.90 Å². The highest BCUT2D eigenvalue weighted by Crippen LogP contribution is 2.52. The zero-order chi connectivity index (χ0) is 28.7. The number of hydrogen-bond donors (Lipinski definition) is 0. The molecule has 0 saturated heterocycles. The minimum absolute atomic E-state index is 0.0472. The molecule has 1 fully saturated rings. The summed E-state index contributed by atoms with van der Waals surface area (Å²) in [6.07, 6.45) is -5.09. The van der Waals surface area contributed by atoms with Crippen LogP contribution in [-0.4, -0.2) is 24.0 Å². The molecule has 2 nitrogen and oxygen atoms in total. The van der Waals surface area contributed by atoms with Crippen LogP contribution in [0.3, 0.4) is 0 Å². The number of nitrogens with zero attached hydrogens (tertiary/aromatic N) is 2. The summed E-state index contributed by atoms with van der Waals surface area (Å²) in [5.74, 6) is -0.562. The van der Waals surface area contributed by atoms with E-state index in [-0.39, 0.29) is 12.5 Å². The number of benzene rings is 2. The van der Waals surface area contributed by atoms with Crippen LogP contribution in [0.2, 0.25) is 0 Å². The van der Waals surface area contributed by atoms with E-state index in [1.54, 1.807) is 0 Å². The monoisotopic (exact) mass is 552 g/mol. The second-order valence-corrected chi connectivity index (χ2v) is 10.7. The number of alkyl halides is 6. The average Bonchev–Trinajstić information content (AvgIpc) is 3.44. The Morgan fingerprint density at radius 3 is 1.95 bits per heavy atom. The molecule has 2 unspecified atom stereocenters. The zero-order valence-corrected chi connectivity index (χ0v) is 22.7. The maximum Gasteiger partial charge on any atom is 0.416 e. The van der Waals surface area contributed by atoms with Gasteiger partial charge >= 0.3 is 12.4 Å². The van der Waals surface area contributed by atoms with Crippen LogP contribution in [0.25, 0.3) is 0 Å². The highest BCUT2D eigenvalue weighted by molar-refractivity contribution is 5.49. The van der Waals surface area contributed by atoms with E-state index >= 15 is 0 Å². The summed E-state index contributed by atoms with van der Waals surface area (Å²) in [4.78, 5) is 2.28. The maximum atomic E-state index is 14.2. The van der Waals surface area contributed by atoms with Crippen molar-refractivity contribution in [3.8, 4) is 6.07 Å². The Morgan fingerprint density at radius 1 is 0.872 bits per heavy atom. The lowest BCUT2D eigenvalue weighted by Crippen LogP contribution is -2.41. The first-order valence-corrected chi connectivity index (χ1v) is 13.9. The van der Waals surface area contributed by atoms with E-state index in [1.807, 2.05) is 37.3 Å². The average molecular weight is 553 g/mol. The molecule has 0 bridgehead atoms. The van der Waals surface area contributed by atoms with Crippen LogP contribution >= 0.6 is 0 Å². The van der Waals surface area contributed by atoms with Gasteiger partial charge in [0.2, 0.25) is 0 Å². The molecule has 0 aliphatic heterocycles. The van der Waals surface area contributed by atoms with Crippen molar-refractivity contribution in [3.63, 3.8) is 0 Å². The van der Waals surface area contributed by atoms with Gasteiger partial charge in [-0.1, -0.05) is 63.1 Å². The Hall–Kier alpha value is -2.53. The molecule has 0 aromatic heterocycles. The van der Waals surface area contributed by atoms with Gasteiger partial charge in [0.1, 0.15) is 0 Å². The van der Waals surface area contributed by atoms with Crippen molar-refractivity contribution < 1.29 is 26.3 Å². The van der Waals surface area contributed by atoms with Crippen molar-refractivity contribution in [2.24, 2.45) is 5.92 Å². The van der Waals surface area contributed by atoms with Crippen molar-refractivity contribution in [1.29, 1.82) is 5.26 Å². The van der Waals surface area contributed by atoms with E-state index in [1.165, 1.54) is 5.56 Å². The molecule has 8 heteroatoms. The second kappa shape index (κ2) is 13.2. The fourth-order valence-electron chi connectivity index (χ4n) is 6.38. The van der Waals surface area contributed by atoms with Gasteiger partial charge in [0.15, 0.2) is 0 Å². The molecule has 2 aromatic carbocycles. The van der Waals surface area contributed by atoms with Crippen molar-refractivity contribution in [2.45, 2.75) is 95.4 Å². The van der Waals surface area contributed by atoms with E-state index in [4.69, 9.17) is 0 Å². The van der Waals surface area contributed by atoms with Crippen molar-refractivity contribution in [1.82, 2.24) is 4.90 Å². The van der Waals surface area contributed by atoms with Gasteiger partial charge in [-0.25, -0.2) is 0 Å². The topological polar surface area (TPSA) is 27.0 Å². The minimum atomic E-state index is -5.01. The van der Waals surface area contributed by atoms with Crippen LogP contribution < -0.4 is 0 Å². The second-order valence-electron chi connectivity index (χ2n) is 10.7. The third-order valence-corrected chi connectivity index (χ3v) is 8.27. The largest absolute Gasteiger partial charge is 0.416 e. The first-order valence-electron chi connectivity index (χ1n) is 13.9. The quantitative estimate of drug-likeness (QED) is 0.246. The van der Waals surface area contributed by atoms with Crippen LogP contribution in [0.15, 0.2) is 48.5 Å². The predicted molar refractivity (Wildman–Crippen MR) is 141 cm³/mol. The van der Waals surface area contributed by atoms with Crippen LogP contribution in [0.5, 0.6) is 0 Å². The summed E-state index contributed by atoms with van der Waals surface area (Å²) in [5.41, 5.74) is -4.26. The SMILES string of the molecule is CCCN(CCc1ccccc1)C(CC)CCC(C#N)(c1c(C(F)(F)F)cccc1C(F)(F)F)C1CCCC1. The van der Waals surface area contributed by atoms with E-state index in [9.17, 15) is 31.6 Å². The number of nitriles is 1. The molecule has 214 valence electrons. The highest BCUT2D eigenvalue weighted by atomic mass is 19.4. The third-order valence-electron chi connectivity index (χ3n) is 8.27. The molecule has 1 aliphatic rings. The lowest BCUT2D eigenvalue weighted by molar-refractivity contribution is -0.145. The molecule has 0 N–H and O–H groups in total. The lowest BCUT2D eigenvalue weighted by atomic mass is 9.64. The standard InChI is InChI=1S/C31H38F6N2/c1-3-20-39(21-18-23-11-6-5-7-12-23)25(4-2)17-19-29(22-38,24-13-8-9-14-24)28-26(30(32,33)34)15-10-16-27(28)31(35,36)37/h5-7,10-12,15-16,24-25H,3-4,8-9,13-14,17-21H2,1-2H3. The van der Waals surface area contributed by atoms with Crippen LogP contribution in [0.1, 0.15) is 87.5 Å². The number of halogens is 6. The molecule has 1 aliphatic carbocycles. The zero-order valence-electron chi connectivity index (χ0n) is 22.7. The first-order chi connectivity index (χ1) is 18.5. The van der Waals surface area contributed by atoms with E-state index in [0.29, 0.717) is 50.7 Å². The molecular formula is C31H38F6N2. The minimum Gasteiger partial charge on any atom is -0.300 e. The summed E-state index contributed by atoms with van der Waals surface area (Å²) in [7, 11) is 0. The Morgan fingerprint density at radius 2 is 1.46 bits per heavy atom. The Labute approximate surface area is 228 Å². The fraction of sp³-hybridized carbons (Fsp3) is 0.581. The smallest absolute Gasteiger partial charge is 0.300 e. The van der Waals surface area contributed by atoms with Crippen LogP contribution in [0, 0.1) is 17.2 Å². The van der Waals surface area contributed by atoms with Gasteiger partial charge in [-0.05, 0) is 80.7 Å². The molecule has 39 heavy (non-hydrogen) atoms. The van der Waals surface area contributed by atoms with Gasteiger partial charge in [0.25, 0.3) is 0 Å². The van der Waals surface area contributed by atoms with E-state index < -0.39 is 40.4 Å². The van der Waals surface area contributed by atoms with Crippen LogP contribution in [-0.2, 0) is 24.2 Å². The Bertz CT molecular complexity index is 1050. The molecule has 3 rings (SSSR count). The molecule has 0 amide bonds. The number of hydrogen-bond acceptors (Lipinski definition) is 2. The summed E-state index contributed by atoms with van der Waals surface area (Å²) in [6.45, 7) is 5.54. The van der Waals surface area contributed by atoms with Gasteiger partial charge in [0, 0.05) is 12.6 Å². The lowest BCUT2D eigenvalue weighted by Gasteiger charge is -2.39. The van der Waals surface area contributed by atoms with Crippen molar-refractivity contribution >= 4 is 0 Å².